The topological polar surface area (TPSA) is 136 Å². The van der Waals surface area contributed by atoms with E-state index in [4.69, 9.17) is 26.3 Å². The fourth-order valence-electron chi connectivity index (χ4n) is 4.78. The summed E-state index contributed by atoms with van der Waals surface area (Å²) in [5, 5.41) is 45.7. The summed E-state index contributed by atoms with van der Waals surface area (Å²) in [5.74, 6) is -4.82. The molecule has 0 bridgehead atoms. The molecule has 1 aromatic carbocycles. The quantitative estimate of drug-likeness (QED) is 0.285. The first-order valence-corrected chi connectivity index (χ1v) is 9.97. The Bertz CT molecular complexity index is 2000. The third-order valence-corrected chi connectivity index (χ3v) is 6.03. The van der Waals surface area contributed by atoms with Crippen LogP contribution in [0.5, 0.6) is 0 Å². The molecule has 0 radical (unpaired) electrons. The van der Waals surface area contributed by atoms with Crippen LogP contribution in [0.3, 0.4) is 0 Å². The Morgan fingerprint density at radius 2 is 0.821 bits per heavy atom. The van der Waals surface area contributed by atoms with Crippen molar-refractivity contribution in [2.24, 2.45) is 0 Å². The molecule has 4 rings (SSSR count). The van der Waals surface area contributed by atoms with Gasteiger partial charge in [0.2, 0.25) is 11.4 Å². The van der Waals surface area contributed by atoms with Crippen LogP contribution in [0.15, 0.2) is 34.3 Å². The largest absolute Gasteiger partial charge is 0.329 e. The van der Waals surface area contributed by atoms with Crippen LogP contribution < -0.4 is 31.3 Å². The summed E-state index contributed by atoms with van der Waals surface area (Å²) < 4.78 is 44.6. The van der Waals surface area contributed by atoms with Gasteiger partial charge in [-0.15, -0.1) is 0 Å². The van der Waals surface area contributed by atoms with Crippen molar-refractivity contribution >= 4 is 33.8 Å². The van der Waals surface area contributed by atoms with E-state index in [2.05, 4.69) is 19.4 Å². The average molecular weight is 507 g/mol. The summed E-state index contributed by atoms with van der Waals surface area (Å²) >= 11 is 0. The molecule has 39 heavy (non-hydrogen) atoms. The Labute approximate surface area is 215 Å². The predicted molar refractivity (Wildman–Crippen MR) is 124 cm³/mol. The van der Waals surface area contributed by atoms with Gasteiger partial charge in [-0.05, 0) is 31.3 Å². The Morgan fingerprint density at radius 1 is 0.513 bits per heavy atom. The molecule has 1 aromatic rings. The van der Waals surface area contributed by atoms with Crippen molar-refractivity contribution in [3.05, 3.63) is 111 Å². The van der Waals surface area contributed by atoms with Gasteiger partial charge in [0.25, 0.3) is 0 Å². The van der Waals surface area contributed by atoms with Gasteiger partial charge in [0.1, 0.15) is 12.1 Å². The van der Waals surface area contributed by atoms with Crippen LogP contribution in [0.1, 0.15) is 0 Å². The Morgan fingerprint density at radius 3 is 1.13 bits per heavy atom. The Kier molecular flexibility index (Phi) is 5.65. The molecule has 0 heterocycles. The molecular weight excluding hydrogens is 507 g/mol. The van der Waals surface area contributed by atoms with Gasteiger partial charge in [0.15, 0.2) is 17.4 Å². The van der Waals surface area contributed by atoms with Crippen LogP contribution in [0.25, 0.3) is 53.2 Å². The van der Waals surface area contributed by atoms with E-state index in [9.17, 15) is 39.5 Å². The number of rotatable bonds is 0. The summed E-state index contributed by atoms with van der Waals surface area (Å²) in [7, 11) is 0. The number of nitrogens with zero attached hydrogens (tertiary/aromatic N) is 9. The smallest absolute Gasteiger partial charge is 0.238 e. The first-order chi connectivity index (χ1) is 18.8. The minimum atomic E-state index is -1.62. The third kappa shape index (κ3) is 2.86. The van der Waals surface area contributed by atoms with Crippen LogP contribution in [0.4, 0.5) is 13.2 Å². The lowest BCUT2D eigenvalue weighted by Gasteiger charge is -1.98. The molecule has 0 aliphatic heterocycles. The molecule has 0 saturated heterocycles. The second-order valence-corrected chi connectivity index (χ2v) is 7.47. The standard InChI is InChI=1S/C27F3N9/c1-36-24-15(13(28)8-34)10(5-31)17-18-12(7-33)20(27(30)39-4)26(38-3)22(18)23-19(21(17)24)11(6-32)16(14(29)9-35)25(23)37-2/b15-13-,16-14-,27-20-. The highest BCUT2D eigenvalue weighted by atomic mass is 19.1. The molecule has 0 N–H and O–H groups in total. The fraction of sp³-hybridized carbons (Fsp3) is 0. The maximum atomic E-state index is 14.9. The molecule has 3 aliphatic rings. The van der Waals surface area contributed by atoms with Gasteiger partial charge in [0.05, 0.1) is 55.6 Å². The molecule has 9 nitrogen and oxygen atoms in total. The summed E-state index contributed by atoms with van der Waals surface area (Å²) in [4.78, 5) is 12.3. The minimum Gasteiger partial charge on any atom is -0.238 e. The molecule has 0 unspecified atom stereocenters. The lowest BCUT2D eigenvalue weighted by atomic mass is 10.0. The molecule has 0 amide bonds. The monoisotopic (exact) mass is 507 g/mol. The highest BCUT2D eigenvalue weighted by Crippen LogP contribution is 2.32. The number of hydrogen-bond acceptors (Lipinski definition) is 5. The lowest BCUT2D eigenvalue weighted by molar-refractivity contribution is 0.661. The normalized spacial score (nSPS) is 18.0. The minimum absolute atomic E-state index is 0.443. The predicted octanol–water partition coefficient (Wildman–Crippen LogP) is 0.427. The van der Waals surface area contributed by atoms with Gasteiger partial charge in [-0.25, -0.2) is 23.8 Å². The number of halogens is 3. The van der Waals surface area contributed by atoms with E-state index in [1.807, 2.05) is 0 Å². The van der Waals surface area contributed by atoms with Gasteiger partial charge in [-0.1, -0.05) is 0 Å². The first kappa shape index (κ1) is 25.0. The van der Waals surface area contributed by atoms with Crippen LogP contribution in [-0.2, 0) is 0 Å². The summed E-state index contributed by atoms with van der Waals surface area (Å²) in [6.07, 6.45) is 0. The SMILES string of the molecule is [C-]#[N+]C1=c2c3c(c4c(c2=C(C#N)/C1=C(/F)C#N)=C(C#N)/C(=C(\F)[N+]#[C-])C=4[N+]#[C-])=C([N+]#[C-])/C(=C(\F)C#N)C=3C#N. The van der Waals surface area contributed by atoms with Crippen molar-refractivity contribution in [2.45, 2.75) is 0 Å². The number of hydrogen-bond donors (Lipinski definition) is 0. The van der Waals surface area contributed by atoms with Crippen LogP contribution >= 0.6 is 0 Å². The number of allylic oxidation sites excluding steroid dienone is 2. The molecule has 174 valence electrons. The van der Waals surface area contributed by atoms with Crippen molar-refractivity contribution < 1.29 is 13.2 Å². The fourth-order valence-corrected chi connectivity index (χ4v) is 4.78. The molecular formula is C27F3N9. The third-order valence-electron chi connectivity index (χ3n) is 6.03. The second kappa shape index (κ2) is 8.82. The van der Waals surface area contributed by atoms with Crippen LogP contribution in [-0.4, -0.2) is 0 Å². The van der Waals surface area contributed by atoms with E-state index in [0.29, 0.717) is 0 Å². The van der Waals surface area contributed by atoms with Gasteiger partial charge >= 0.3 is 5.95 Å². The molecule has 0 saturated carbocycles. The van der Waals surface area contributed by atoms with Crippen LogP contribution in [0, 0.1) is 82.9 Å². The van der Waals surface area contributed by atoms with E-state index in [0.717, 1.165) is 0 Å². The van der Waals surface area contributed by atoms with E-state index in [-0.39, 0.29) is 0 Å². The number of nitriles is 5. The van der Waals surface area contributed by atoms with Gasteiger partial charge in [0, 0.05) is 22.3 Å². The zero-order valence-electron chi connectivity index (χ0n) is 18.7. The Balaban J connectivity index is 2.88. The average Bonchev–Trinajstić information content (AvgIpc) is 3.59. The molecule has 0 spiro atoms. The molecule has 0 aromatic heterocycles. The maximum absolute atomic E-state index is 14.9. The zero-order valence-corrected chi connectivity index (χ0v) is 18.7. The maximum Gasteiger partial charge on any atom is 0.329 e. The van der Waals surface area contributed by atoms with Crippen molar-refractivity contribution in [1.29, 1.82) is 26.3 Å². The van der Waals surface area contributed by atoms with E-state index in [1.54, 1.807) is 18.2 Å². The van der Waals surface area contributed by atoms with Crippen molar-refractivity contribution in [3.8, 4) is 30.3 Å². The highest BCUT2D eigenvalue weighted by Gasteiger charge is 2.36. The van der Waals surface area contributed by atoms with Gasteiger partial charge in [-0.3, -0.25) is 0 Å². The molecule has 12 heteroatoms. The number of fused-ring (bicyclic) bond motifs is 6. The number of benzene rings is 1. The molecule has 3 aliphatic carbocycles. The van der Waals surface area contributed by atoms with Crippen LogP contribution in [0.2, 0.25) is 0 Å². The van der Waals surface area contributed by atoms with Gasteiger partial charge < -0.3 is 0 Å². The molecule has 0 atom stereocenters. The van der Waals surface area contributed by atoms with Crippen molar-refractivity contribution in [3.63, 3.8) is 0 Å². The molecule has 0 fully saturated rings. The summed E-state index contributed by atoms with van der Waals surface area (Å²) in [5.41, 5.74) is -6.64. The lowest BCUT2D eigenvalue weighted by Crippen LogP contribution is -2.65. The van der Waals surface area contributed by atoms with Gasteiger partial charge in [-0.2, -0.15) is 35.1 Å². The first-order valence-electron chi connectivity index (χ1n) is 9.97. The summed E-state index contributed by atoms with van der Waals surface area (Å²) in [6, 6.07) is 7.26. The van der Waals surface area contributed by atoms with E-state index < -0.39 is 99.4 Å². The zero-order chi connectivity index (χ0) is 28.8. The van der Waals surface area contributed by atoms with Crippen molar-refractivity contribution in [1.82, 2.24) is 0 Å². The summed E-state index contributed by atoms with van der Waals surface area (Å²) in [6.45, 7) is 30.1. The van der Waals surface area contributed by atoms with E-state index in [1.165, 1.54) is 12.1 Å². The second-order valence-electron chi connectivity index (χ2n) is 7.47. The van der Waals surface area contributed by atoms with E-state index >= 15 is 0 Å². The van der Waals surface area contributed by atoms with Crippen molar-refractivity contribution in [2.75, 3.05) is 0 Å². The Hall–Kier alpha value is -7.14. The highest BCUT2D eigenvalue weighted by molar-refractivity contribution is 6.05.